The van der Waals surface area contributed by atoms with E-state index < -0.39 is 40.8 Å². The number of pyridine rings is 1. The Hall–Kier alpha value is -5.76. The topological polar surface area (TPSA) is 166 Å². The van der Waals surface area contributed by atoms with Crippen molar-refractivity contribution in [2.45, 2.75) is 142 Å². The molecule has 2 aliphatic carbocycles. The Morgan fingerprint density at radius 3 is 2.48 bits per heavy atom. The highest BCUT2D eigenvalue weighted by molar-refractivity contribution is 5.97. The number of likely N-dealkylation sites (tertiary alicyclic amines) is 2. The van der Waals surface area contributed by atoms with Gasteiger partial charge in [-0.3, -0.25) is 34.0 Å². The predicted molar refractivity (Wildman–Crippen MR) is 262 cm³/mol. The summed E-state index contributed by atoms with van der Waals surface area (Å²) in [4.78, 5) is 80.4. The summed E-state index contributed by atoms with van der Waals surface area (Å²) in [6.07, 6.45) is 9.96. The maximum Gasteiger partial charge on any atom is 0.324 e. The molecule has 3 N–H and O–H groups in total. The molecule has 366 valence electrons. The molecule has 6 bridgehead atoms. The zero-order chi connectivity index (χ0) is 48.4. The van der Waals surface area contributed by atoms with E-state index in [-0.39, 0.29) is 54.3 Å². The van der Waals surface area contributed by atoms with Gasteiger partial charge in [0.05, 0.1) is 23.4 Å². The van der Waals surface area contributed by atoms with Crippen LogP contribution in [0.3, 0.4) is 0 Å². The van der Waals surface area contributed by atoms with E-state index in [9.17, 15) is 24.3 Å². The third-order valence-corrected chi connectivity index (χ3v) is 16.1. The summed E-state index contributed by atoms with van der Waals surface area (Å²) in [5.41, 5.74) is 9.60. The molecule has 14 nitrogen and oxygen atoms in total. The molecular weight excluding hydrogens is 871 g/mol. The molecule has 3 saturated heterocycles. The molecule has 6 aliphatic rings. The van der Waals surface area contributed by atoms with Crippen molar-refractivity contribution in [3.05, 3.63) is 71.5 Å². The van der Waals surface area contributed by atoms with E-state index in [2.05, 4.69) is 74.2 Å². The number of carbonyl (C=O) groups is 5. The average Bonchev–Trinajstić information content (AvgIpc) is 3.59. The standard InChI is InChI=1S/C55H69N7O7/c1-6-60-45-18-17-37-29-41(45)42(48(60)40-13-9-21-56-46(40)33(2)3)30-54(4,5)32-69-52(67)43-14-10-22-62(58-43)51(66)44(27-34-25-38(37)28-39(63)26-34)57-49(64)47(35-11-7-8-12-35)61-24-20-55(53(61)68)19-23-59(31-55)50(65)36-15-16-36/h9,13,17-18,21,25-26,28-29,33,35-36,43-44,47,58,63H,6-8,10-12,14-16,19-20,22-24,27,30-32H2,1-5H3,(H,57,64)/t43-,44-,47-,55-/m0/s1. The number of aromatic nitrogens is 2. The first-order valence-corrected chi connectivity index (χ1v) is 25.7. The van der Waals surface area contributed by atoms with E-state index >= 15 is 4.79 Å². The van der Waals surface area contributed by atoms with Gasteiger partial charge in [-0.2, -0.15) is 0 Å². The Morgan fingerprint density at radius 2 is 1.72 bits per heavy atom. The molecule has 4 aromatic rings. The number of carbonyl (C=O) groups excluding carboxylic acids is 5. The number of hydrogen-bond acceptors (Lipinski definition) is 9. The largest absolute Gasteiger partial charge is 0.508 e. The third-order valence-electron chi connectivity index (χ3n) is 16.1. The summed E-state index contributed by atoms with van der Waals surface area (Å²) in [6.45, 7) is 13.2. The fourth-order valence-electron chi connectivity index (χ4n) is 12.4. The van der Waals surface area contributed by atoms with Crippen molar-refractivity contribution >= 4 is 40.5 Å². The van der Waals surface area contributed by atoms with Gasteiger partial charge in [0.25, 0.3) is 5.91 Å². The molecular formula is C55H69N7O7. The fraction of sp³-hybridized carbons (Fsp3) is 0.564. The van der Waals surface area contributed by atoms with Crippen molar-refractivity contribution in [3.8, 4) is 28.1 Å². The fourth-order valence-corrected chi connectivity index (χ4v) is 12.4. The van der Waals surface area contributed by atoms with Crippen LogP contribution in [0.5, 0.6) is 5.75 Å². The zero-order valence-electron chi connectivity index (χ0n) is 41.0. The molecule has 2 aromatic heterocycles. The molecule has 1 spiro atoms. The van der Waals surface area contributed by atoms with E-state index in [1.165, 1.54) is 5.01 Å². The number of amides is 4. The second-order valence-electron chi connectivity index (χ2n) is 22.1. The third kappa shape index (κ3) is 9.02. The van der Waals surface area contributed by atoms with Crippen LogP contribution in [0.1, 0.15) is 122 Å². The number of phenols is 1. The first-order chi connectivity index (χ1) is 33.1. The van der Waals surface area contributed by atoms with Crippen molar-refractivity contribution in [2.75, 3.05) is 32.8 Å². The van der Waals surface area contributed by atoms with Crippen molar-refractivity contribution in [3.63, 3.8) is 0 Å². The highest BCUT2D eigenvalue weighted by atomic mass is 16.5. The van der Waals surface area contributed by atoms with E-state index in [4.69, 9.17) is 9.72 Å². The number of hydrogen-bond donors (Lipinski definition) is 3. The second kappa shape index (κ2) is 18.5. The van der Waals surface area contributed by atoms with E-state index in [1.807, 2.05) is 23.2 Å². The Balaban J connectivity index is 1.03. The van der Waals surface area contributed by atoms with Crippen molar-refractivity contribution < 1.29 is 33.8 Å². The summed E-state index contributed by atoms with van der Waals surface area (Å²) in [6, 6.07) is 13.2. The van der Waals surface area contributed by atoms with Crippen LogP contribution in [0.2, 0.25) is 0 Å². The highest BCUT2D eigenvalue weighted by Crippen LogP contribution is 2.46. The van der Waals surface area contributed by atoms with Crippen LogP contribution in [-0.4, -0.2) is 110 Å². The SMILES string of the molecule is CCn1c(-c2cccnc2C(C)C)c2c3cc(ccc31)-c1cc(O)cc(c1)C[C@H](NC(=O)[C@H](C1CCCC1)N1CC[C@]3(CCN(C(=O)C4CC4)C3)C1=O)C(=O)N1CCC[C@H](N1)C(=O)OCC(C)(C)C2. The lowest BCUT2D eigenvalue weighted by Crippen LogP contribution is -2.62. The van der Waals surface area contributed by atoms with Gasteiger partial charge in [-0.1, -0.05) is 52.7 Å². The minimum Gasteiger partial charge on any atom is -0.508 e. The molecule has 10 rings (SSSR count). The summed E-state index contributed by atoms with van der Waals surface area (Å²) in [5, 5.41) is 17.1. The monoisotopic (exact) mass is 940 g/mol. The Bertz CT molecular complexity index is 2680. The van der Waals surface area contributed by atoms with Crippen molar-refractivity contribution in [1.29, 1.82) is 0 Å². The molecule has 14 heteroatoms. The Kier molecular flexibility index (Phi) is 12.6. The van der Waals surface area contributed by atoms with Gasteiger partial charge in [0, 0.05) is 73.1 Å². The highest BCUT2D eigenvalue weighted by Gasteiger charge is 2.56. The first-order valence-electron chi connectivity index (χ1n) is 25.7. The number of cyclic esters (lactones) is 1. The number of aryl methyl sites for hydroxylation is 1. The normalized spacial score (nSPS) is 24.9. The molecule has 0 radical (unpaired) electrons. The van der Waals surface area contributed by atoms with Crippen molar-refractivity contribution in [1.82, 2.24) is 35.1 Å². The summed E-state index contributed by atoms with van der Waals surface area (Å²) >= 11 is 0. The molecule has 4 amide bonds. The lowest BCUT2D eigenvalue weighted by Gasteiger charge is -2.37. The predicted octanol–water partition coefficient (Wildman–Crippen LogP) is 7.29. The number of aromatic hydroxyl groups is 1. The molecule has 2 saturated carbocycles. The van der Waals surface area contributed by atoms with E-state index in [0.29, 0.717) is 70.4 Å². The van der Waals surface area contributed by atoms with Crippen LogP contribution in [0.4, 0.5) is 0 Å². The minimum atomic E-state index is -1.11. The smallest absolute Gasteiger partial charge is 0.324 e. The van der Waals surface area contributed by atoms with Gasteiger partial charge in [0.15, 0.2) is 0 Å². The number of ether oxygens (including phenoxy) is 1. The maximum atomic E-state index is 15.1. The molecule has 5 fully saturated rings. The number of fused-ring (bicyclic) bond motifs is 6. The number of rotatable bonds is 8. The van der Waals surface area contributed by atoms with Crippen LogP contribution in [0.15, 0.2) is 54.7 Å². The second-order valence-corrected chi connectivity index (χ2v) is 22.1. The molecule has 69 heavy (non-hydrogen) atoms. The van der Waals surface area contributed by atoms with Crippen LogP contribution >= 0.6 is 0 Å². The summed E-state index contributed by atoms with van der Waals surface area (Å²) < 4.78 is 8.52. The van der Waals surface area contributed by atoms with Gasteiger partial charge in [0.1, 0.15) is 23.9 Å². The summed E-state index contributed by atoms with van der Waals surface area (Å²) in [7, 11) is 0. The van der Waals surface area contributed by atoms with E-state index in [1.54, 1.807) is 17.0 Å². The zero-order valence-corrected chi connectivity index (χ0v) is 41.0. The maximum absolute atomic E-state index is 15.1. The van der Waals surface area contributed by atoms with Crippen LogP contribution in [0.25, 0.3) is 33.3 Å². The van der Waals surface area contributed by atoms with Gasteiger partial charge < -0.3 is 29.5 Å². The number of phenolic OH excluding ortho intramolecular Hbond substituents is 1. The average molecular weight is 940 g/mol. The van der Waals surface area contributed by atoms with Crippen LogP contribution < -0.4 is 10.7 Å². The lowest BCUT2D eigenvalue weighted by molar-refractivity contribution is -0.155. The van der Waals surface area contributed by atoms with Crippen LogP contribution in [-0.2, 0) is 48.1 Å². The van der Waals surface area contributed by atoms with Crippen molar-refractivity contribution in [2.24, 2.45) is 22.7 Å². The molecule has 4 aliphatic heterocycles. The Labute approximate surface area is 405 Å². The van der Waals surface area contributed by atoms with Gasteiger partial charge in [-0.25, -0.2) is 5.43 Å². The van der Waals surface area contributed by atoms with Crippen LogP contribution in [0, 0.1) is 22.7 Å². The van der Waals surface area contributed by atoms with Gasteiger partial charge in [-0.15, -0.1) is 0 Å². The number of nitrogens with one attached hydrogen (secondary N) is 2. The van der Waals surface area contributed by atoms with Gasteiger partial charge in [0.2, 0.25) is 17.7 Å². The molecule has 2 aromatic carbocycles. The van der Waals surface area contributed by atoms with E-state index in [0.717, 1.165) is 83.1 Å². The number of nitrogens with zero attached hydrogens (tertiary/aromatic N) is 5. The van der Waals surface area contributed by atoms with Gasteiger partial charge >= 0.3 is 5.97 Å². The first kappa shape index (κ1) is 46.9. The number of esters is 1. The molecule has 6 heterocycles. The lowest BCUT2D eigenvalue weighted by atomic mass is 9.83. The number of benzene rings is 2. The molecule has 0 unspecified atom stereocenters. The van der Waals surface area contributed by atoms with Gasteiger partial charge in [-0.05, 0) is 135 Å². The minimum absolute atomic E-state index is 0.0288. The Morgan fingerprint density at radius 1 is 0.942 bits per heavy atom. The summed E-state index contributed by atoms with van der Waals surface area (Å²) in [5.74, 6) is -0.969. The number of hydrazine groups is 1. The quantitative estimate of drug-likeness (QED) is 0.154. The molecule has 4 atom stereocenters.